The fourth-order valence-electron chi connectivity index (χ4n) is 1.01. The van der Waals surface area contributed by atoms with Crippen molar-refractivity contribution >= 4 is 5.97 Å². The second-order valence-corrected chi connectivity index (χ2v) is 4.19. The first-order valence-electron chi connectivity index (χ1n) is 4.44. The van der Waals surface area contributed by atoms with E-state index in [4.69, 9.17) is 5.11 Å². The number of hydrogen-bond donors (Lipinski definition) is 1. The standard InChI is InChI=1S/C10H14N2O2/c1-10(2,3)9-11-5-4-7(12-9)6-8(13)14/h4-5H,6H2,1-3H3,(H,13,14). The Hall–Kier alpha value is -1.45. The normalized spacial score (nSPS) is 11.4. The van der Waals surface area contributed by atoms with Gasteiger partial charge in [0.2, 0.25) is 0 Å². The van der Waals surface area contributed by atoms with Crippen LogP contribution in [0.3, 0.4) is 0 Å². The minimum atomic E-state index is -0.872. The maximum atomic E-state index is 10.5. The molecule has 4 heteroatoms. The summed E-state index contributed by atoms with van der Waals surface area (Å²) >= 11 is 0. The van der Waals surface area contributed by atoms with Crippen LogP contribution in [0.25, 0.3) is 0 Å². The minimum Gasteiger partial charge on any atom is -0.481 e. The van der Waals surface area contributed by atoms with Crippen molar-refractivity contribution in [3.8, 4) is 0 Å². The maximum absolute atomic E-state index is 10.5. The Labute approximate surface area is 83.0 Å². The number of carbonyl (C=O) groups is 1. The quantitative estimate of drug-likeness (QED) is 0.773. The molecule has 14 heavy (non-hydrogen) atoms. The molecule has 0 aliphatic rings. The summed E-state index contributed by atoms with van der Waals surface area (Å²) in [6.45, 7) is 5.98. The van der Waals surface area contributed by atoms with Crippen molar-refractivity contribution in [3.05, 3.63) is 23.8 Å². The van der Waals surface area contributed by atoms with Gasteiger partial charge in [-0.2, -0.15) is 0 Å². The van der Waals surface area contributed by atoms with Gasteiger partial charge >= 0.3 is 5.97 Å². The zero-order chi connectivity index (χ0) is 10.8. The van der Waals surface area contributed by atoms with E-state index in [2.05, 4.69) is 9.97 Å². The Morgan fingerprint density at radius 3 is 2.64 bits per heavy atom. The van der Waals surface area contributed by atoms with Gasteiger partial charge in [0, 0.05) is 11.6 Å². The van der Waals surface area contributed by atoms with Gasteiger partial charge in [0.05, 0.1) is 12.1 Å². The Morgan fingerprint density at radius 1 is 1.50 bits per heavy atom. The summed E-state index contributed by atoms with van der Waals surface area (Å²) in [5.41, 5.74) is 0.409. The first-order chi connectivity index (χ1) is 6.39. The molecule has 1 rings (SSSR count). The van der Waals surface area contributed by atoms with Crippen LogP contribution in [0.4, 0.5) is 0 Å². The molecule has 0 bridgehead atoms. The molecule has 0 fully saturated rings. The van der Waals surface area contributed by atoms with Crippen LogP contribution in [0.2, 0.25) is 0 Å². The number of aromatic nitrogens is 2. The van der Waals surface area contributed by atoms with Crippen LogP contribution in [0.5, 0.6) is 0 Å². The molecule has 0 aliphatic heterocycles. The molecule has 0 aromatic carbocycles. The average molecular weight is 194 g/mol. The van der Waals surface area contributed by atoms with Crippen LogP contribution in [-0.4, -0.2) is 21.0 Å². The summed E-state index contributed by atoms with van der Waals surface area (Å²) < 4.78 is 0. The van der Waals surface area contributed by atoms with Crippen LogP contribution in [0.15, 0.2) is 12.3 Å². The second kappa shape index (κ2) is 3.74. The van der Waals surface area contributed by atoms with E-state index in [1.54, 1.807) is 12.3 Å². The van der Waals surface area contributed by atoms with E-state index in [1.165, 1.54) is 0 Å². The number of carboxylic acids is 1. The van der Waals surface area contributed by atoms with E-state index in [-0.39, 0.29) is 11.8 Å². The molecule has 0 saturated carbocycles. The summed E-state index contributed by atoms with van der Waals surface area (Å²) in [6.07, 6.45) is 1.55. The van der Waals surface area contributed by atoms with E-state index < -0.39 is 5.97 Å². The SMILES string of the molecule is CC(C)(C)c1nccc(CC(=O)O)n1. The Bertz CT molecular complexity index is 342. The van der Waals surface area contributed by atoms with Crippen molar-refractivity contribution in [1.82, 2.24) is 9.97 Å². The Balaban J connectivity index is 2.95. The number of hydrogen-bond acceptors (Lipinski definition) is 3. The van der Waals surface area contributed by atoms with Crippen LogP contribution >= 0.6 is 0 Å². The zero-order valence-corrected chi connectivity index (χ0v) is 8.61. The van der Waals surface area contributed by atoms with Crippen LogP contribution in [0.1, 0.15) is 32.3 Å². The highest BCUT2D eigenvalue weighted by Crippen LogP contribution is 2.17. The summed E-state index contributed by atoms with van der Waals surface area (Å²) in [6, 6.07) is 1.63. The average Bonchev–Trinajstić information content (AvgIpc) is 2.01. The van der Waals surface area contributed by atoms with Gasteiger partial charge in [-0.15, -0.1) is 0 Å². The van der Waals surface area contributed by atoms with E-state index in [1.807, 2.05) is 20.8 Å². The van der Waals surface area contributed by atoms with Gasteiger partial charge < -0.3 is 5.11 Å². The molecular weight excluding hydrogens is 180 g/mol. The van der Waals surface area contributed by atoms with Crippen molar-refractivity contribution in [2.75, 3.05) is 0 Å². The first-order valence-corrected chi connectivity index (χ1v) is 4.44. The summed E-state index contributed by atoms with van der Waals surface area (Å²) in [7, 11) is 0. The molecule has 0 unspecified atom stereocenters. The zero-order valence-electron chi connectivity index (χ0n) is 8.61. The van der Waals surface area contributed by atoms with Gasteiger partial charge in [-0.1, -0.05) is 20.8 Å². The largest absolute Gasteiger partial charge is 0.481 e. The monoisotopic (exact) mass is 194 g/mol. The number of rotatable bonds is 2. The topological polar surface area (TPSA) is 63.1 Å². The summed E-state index contributed by atoms with van der Waals surface area (Å²) in [5, 5.41) is 8.60. The first kappa shape index (κ1) is 10.6. The van der Waals surface area contributed by atoms with Gasteiger partial charge in [-0.05, 0) is 6.07 Å². The third kappa shape index (κ3) is 2.80. The molecule has 1 heterocycles. The van der Waals surface area contributed by atoms with Crippen molar-refractivity contribution in [3.63, 3.8) is 0 Å². The number of aliphatic carboxylic acids is 1. The van der Waals surface area contributed by atoms with E-state index in [0.29, 0.717) is 11.5 Å². The van der Waals surface area contributed by atoms with E-state index >= 15 is 0 Å². The molecule has 76 valence electrons. The molecule has 0 saturated heterocycles. The molecule has 0 radical (unpaired) electrons. The predicted molar refractivity (Wildman–Crippen MR) is 52.1 cm³/mol. The van der Waals surface area contributed by atoms with Crippen molar-refractivity contribution in [1.29, 1.82) is 0 Å². The van der Waals surface area contributed by atoms with Gasteiger partial charge in [0.25, 0.3) is 0 Å². The number of carboxylic acid groups (broad SMARTS) is 1. The van der Waals surface area contributed by atoms with Gasteiger partial charge in [0.1, 0.15) is 5.82 Å². The molecular formula is C10H14N2O2. The summed E-state index contributed by atoms with van der Waals surface area (Å²) in [5.74, 6) is -0.195. The minimum absolute atomic E-state index is 0.0500. The Kier molecular flexibility index (Phi) is 2.84. The van der Waals surface area contributed by atoms with Crippen LogP contribution < -0.4 is 0 Å². The Morgan fingerprint density at radius 2 is 2.14 bits per heavy atom. The predicted octanol–water partition coefficient (Wildman–Crippen LogP) is 1.40. The molecule has 0 atom stereocenters. The lowest BCUT2D eigenvalue weighted by Gasteiger charge is -2.16. The number of nitrogens with zero attached hydrogens (tertiary/aromatic N) is 2. The smallest absolute Gasteiger partial charge is 0.309 e. The van der Waals surface area contributed by atoms with E-state index in [0.717, 1.165) is 0 Å². The highest BCUT2D eigenvalue weighted by Gasteiger charge is 2.17. The lowest BCUT2D eigenvalue weighted by Crippen LogP contribution is -2.17. The fraction of sp³-hybridized carbons (Fsp3) is 0.500. The van der Waals surface area contributed by atoms with Crippen molar-refractivity contribution in [2.24, 2.45) is 0 Å². The maximum Gasteiger partial charge on any atom is 0.309 e. The molecule has 1 aromatic rings. The third-order valence-corrected chi connectivity index (χ3v) is 1.72. The molecule has 0 spiro atoms. The molecule has 1 aromatic heterocycles. The molecule has 0 amide bonds. The lowest BCUT2D eigenvalue weighted by molar-refractivity contribution is -0.136. The van der Waals surface area contributed by atoms with Crippen molar-refractivity contribution in [2.45, 2.75) is 32.6 Å². The van der Waals surface area contributed by atoms with Crippen LogP contribution in [-0.2, 0) is 16.6 Å². The van der Waals surface area contributed by atoms with Gasteiger partial charge in [-0.3, -0.25) is 4.79 Å². The summed E-state index contributed by atoms with van der Waals surface area (Å²) in [4.78, 5) is 18.8. The molecule has 0 aliphatic carbocycles. The highest BCUT2D eigenvalue weighted by molar-refractivity contribution is 5.69. The van der Waals surface area contributed by atoms with Gasteiger partial charge in [-0.25, -0.2) is 9.97 Å². The molecule has 4 nitrogen and oxygen atoms in total. The third-order valence-electron chi connectivity index (χ3n) is 1.72. The van der Waals surface area contributed by atoms with Crippen LogP contribution in [0, 0.1) is 0 Å². The molecule has 1 N–H and O–H groups in total. The van der Waals surface area contributed by atoms with Gasteiger partial charge in [0.15, 0.2) is 0 Å². The second-order valence-electron chi connectivity index (χ2n) is 4.19. The lowest BCUT2D eigenvalue weighted by atomic mass is 9.95. The van der Waals surface area contributed by atoms with Crippen molar-refractivity contribution < 1.29 is 9.90 Å². The fourth-order valence-corrected chi connectivity index (χ4v) is 1.01. The highest BCUT2D eigenvalue weighted by atomic mass is 16.4. The van der Waals surface area contributed by atoms with E-state index in [9.17, 15) is 4.79 Å².